The number of Topliss-reactive ketones (excluding diaryl/α,β-unsaturated/α-hetero) is 2. The Kier molecular flexibility index (Phi) is 8.82. The smallest absolute Gasteiger partial charge is 0.221 e. The maximum Gasteiger partial charge on any atom is 0.221 e. The van der Waals surface area contributed by atoms with E-state index in [1.165, 1.54) is 56.6 Å². The zero-order valence-electron chi connectivity index (χ0n) is 15.2. The van der Waals surface area contributed by atoms with E-state index in [1.807, 2.05) is 0 Å². The summed E-state index contributed by atoms with van der Waals surface area (Å²) in [6.45, 7) is 4.37. The van der Waals surface area contributed by atoms with Crippen LogP contribution in [0.4, 0.5) is 0 Å². The predicted molar refractivity (Wildman–Crippen MR) is 107 cm³/mol. The van der Waals surface area contributed by atoms with E-state index in [2.05, 4.69) is 23.8 Å². The SMILES string of the molecule is CCCCCCSC1=C(SCCCCCC)C(=O)c2[nH]cnc2C1=O. The summed E-state index contributed by atoms with van der Waals surface area (Å²) in [4.78, 5) is 33.7. The van der Waals surface area contributed by atoms with Gasteiger partial charge in [-0.05, 0) is 24.3 Å². The Hall–Kier alpha value is -1.01. The lowest BCUT2D eigenvalue weighted by Crippen LogP contribution is -2.20. The number of aromatic nitrogens is 2. The van der Waals surface area contributed by atoms with Gasteiger partial charge in [0, 0.05) is 0 Å². The number of carbonyl (C=O) groups is 2. The van der Waals surface area contributed by atoms with Gasteiger partial charge in [-0.25, -0.2) is 4.98 Å². The number of unbranched alkanes of at least 4 members (excludes halogenated alkanes) is 6. The van der Waals surface area contributed by atoms with Crippen molar-refractivity contribution < 1.29 is 9.59 Å². The van der Waals surface area contributed by atoms with Gasteiger partial charge >= 0.3 is 0 Å². The molecule has 0 aromatic carbocycles. The Labute approximate surface area is 159 Å². The van der Waals surface area contributed by atoms with Gasteiger partial charge in [0.05, 0.1) is 16.1 Å². The average molecular weight is 381 g/mol. The molecule has 25 heavy (non-hydrogen) atoms. The summed E-state index contributed by atoms with van der Waals surface area (Å²) in [6.07, 6.45) is 10.8. The molecule has 0 bridgehead atoms. The molecule has 0 fully saturated rings. The number of hydrogen-bond donors (Lipinski definition) is 1. The number of H-pyrrole nitrogens is 1. The van der Waals surface area contributed by atoms with Crippen molar-refractivity contribution in [2.24, 2.45) is 0 Å². The Morgan fingerprint density at radius 1 is 0.840 bits per heavy atom. The van der Waals surface area contributed by atoms with E-state index in [1.54, 1.807) is 11.8 Å². The third-order valence-corrected chi connectivity index (χ3v) is 6.66. The second-order valence-electron chi connectivity index (χ2n) is 6.26. The van der Waals surface area contributed by atoms with Gasteiger partial charge in [-0.1, -0.05) is 52.4 Å². The maximum absolute atomic E-state index is 12.8. The standard InChI is InChI=1S/C19H28N2O2S2/c1-3-5-7-9-11-24-18-16(22)14-15(21-13-20-14)17(23)19(18)25-12-10-8-6-4-2/h13H,3-12H2,1-2H3,(H,20,21). The highest BCUT2D eigenvalue weighted by atomic mass is 32.2. The molecular formula is C19H28N2O2S2. The molecule has 1 aromatic rings. The van der Waals surface area contributed by atoms with E-state index in [0.717, 1.165) is 24.3 Å². The van der Waals surface area contributed by atoms with Gasteiger partial charge in [0.15, 0.2) is 0 Å². The largest absolute Gasteiger partial charge is 0.341 e. The molecular weight excluding hydrogens is 352 g/mol. The molecule has 4 nitrogen and oxygen atoms in total. The molecule has 6 heteroatoms. The lowest BCUT2D eigenvalue weighted by molar-refractivity contribution is 0.0983. The number of nitrogens with one attached hydrogen (secondary N) is 1. The molecule has 0 atom stereocenters. The number of hydrogen-bond acceptors (Lipinski definition) is 5. The summed E-state index contributed by atoms with van der Waals surface area (Å²) < 4.78 is 0. The first-order valence-electron chi connectivity index (χ1n) is 9.33. The molecule has 1 aliphatic carbocycles. The van der Waals surface area contributed by atoms with Crippen molar-refractivity contribution in [3.63, 3.8) is 0 Å². The number of allylic oxidation sites excluding steroid dienone is 2. The van der Waals surface area contributed by atoms with Gasteiger partial charge < -0.3 is 4.98 Å². The molecule has 0 saturated carbocycles. The van der Waals surface area contributed by atoms with E-state index in [0.29, 0.717) is 15.5 Å². The van der Waals surface area contributed by atoms with Crippen LogP contribution >= 0.6 is 23.5 Å². The Morgan fingerprint density at radius 3 is 1.96 bits per heavy atom. The second kappa shape index (κ2) is 10.9. The highest BCUT2D eigenvalue weighted by Gasteiger charge is 2.34. The maximum atomic E-state index is 12.8. The minimum absolute atomic E-state index is 0.0661. The molecule has 0 radical (unpaired) electrons. The van der Waals surface area contributed by atoms with Crippen molar-refractivity contribution in [1.82, 2.24) is 9.97 Å². The molecule has 0 amide bonds. The van der Waals surface area contributed by atoms with Gasteiger partial charge in [-0.3, -0.25) is 9.59 Å². The van der Waals surface area contributed by atoms with Crippen molar-refractivity contribution in [2.45, 2.75) is 65.2 Å². The van der Waals surface area contributed by atoms with Crippen LogP contribution in [0.2, 0.25) is 0 Å². The fourth-order valence-corrected chi connectivity index (χ4v) is 5.10. The molecule has 0 spiro atoms. The third-order valence-electron chi connectivity index (χ3n) is 4.19. The van der Waals surface area contributed by atoms with Crippen LogP contribution < -0.4 is 0 Å². The van der Waals surface area contributed by atoms with Crippen LogP contribution in [0.1, 0.15) is 86.2 Å². The van der Waals surface area contributed by atoms with Crippen LogP contribution in [0, 0.1) is 0 Å². The minimum atomic E-state index is -0.0904. The highest BCUT2D eigenvalue weighted by molar-refractivity contribution is 8.08. The summed E-state index contributed by atoms with van der Waals surface area (Å²) >= 11 is 3.08. The fourth-order valence-electron chi connectivity index (χ4n) is 2.74. The van der Waals surface area contributed by atoms with Crippen molar-refractivity contribution in [3.8, 4) is 0 Å². The van der Waals surface area contributed by atoms with Crippen molar-refractivity contribution in [3.05, 3.63) is 27.5 Å². The van der Waals surface area contributed by atoms with Crippen LogP contribution in [0.15, 0.2) is 16.1 Å². The average Bonchev–Trinajstić information content (AvgIpc) is 3.10. The number of imidazole rings is 1. The van der Waals surface area contributed by atoms with E-state index < -0.39 is 0 Å². The summed E-state index contributed by atoms with van der Waals surface area (Å²) in [7, 11) is 0. The van der Waals surface area contributed by atoms with Gasteiger partial charge in [0.2, 0.25) is 11.6 Å². The topological polar surface area (TPSA) is 62.8 Å². The Balaban J connectivity index is 2.05. The first-order chi connectivity index (χ1) is 12.2. The first-order valence-corrected chi connectivity index (χ1v) is 11.3. The van der Waals surface area contributed by atoms with E-state index in [9.17, 15) is 9.59 Å². The van der Waals surface area contributed by atoms with Crippen LogP contribution in [0.5, 0.6) is 0 Å². The van der Waals surface area contributed by atoms with E-state index in [-0.39, 0.29) is 17.3 Å². The number of aromatic amines is 1. The molecule has 138 valence electrons. The number of thioether (sulfide) groups is 2. The molecule has 1 heterocycles. The zero-order valence-corrected chi connectivity index (χ0v) is 16.9. The molecule has 1 aliphatic rings. The summed E-state index contributed by atoms with van der Waals surface area (Å²) in [5.41, 5.74) is 0.646. The van der Waals surface area contributed by atoms with Crippen LogP contribution in [-0.4, -0.2) is 33.0 Å². The molecule has 0 saturated heterocycles. The van der Waals surface area contributed by atoms with Crippen LogP contribution in [0.25, 0.3) is 0 Å². The summed E-state index contributed by atoms with van der Waals surface area (Å²) in [5, 5.41) is 0. The lowest BCUT2D eigenvalue weighted by Gasteiger charge is -2.17. The number of carbonyl (C=O) groups excluding carboxylic acids is 2. The van der Waals surface area contributed by atoms with Gasteiger partial charge in [0.1, 0.15) is 11.4 Å². The predicted octanol–water partition coefficient (Wildman–Crippen LogP) is 5.63. The van der Waals surface area contributed by atoms with Crippen LogP contribution in [-0.2, 0) is 0 Å². The molecule has 0 unspecified atom stereocenters. The number of nitrogens with zero attached hydrogens (tertiary/aromatic N) is 1. The first kappa shape index (κ1) is 20.3. The van der Waals surface area contributed by atoms with E-state index in [4.69, 9.17) is 0 Å². The number of fused-ring (bicyclic) bond motifs is 1. The molecule has 0 aliphatic heterocycles. The quantitative estimate of drug-likeness (QED) is 0.476. The zero-order chi connectivity index (χ0) is 18.1. The highest BCUT2D eigenvalue weighted by Crippen LogP contribution is 2.37. The third kappa shape index (κ3) is 5.48. The monoisotopic (exact) mass is 380 g/mol. The minimum Gasteiger partial charge on any atom is -0.341 e. The van der Waals surface area contributed by atoms with Gasteiger partial charge in [-0.2, -0.15) is 0 Å². The number of ketones is 2. The normalized spacial score (nSPS) is 14.3. The lowest BCUT2D eigenvalue weighted by atomic mass is 10.1. The van der Waals surface area contributed by atoms with Gasteiger partial charge in [0.25, 0.3) is 0 Å². The van der Waals surface area contributed by atoms with Crippen molar-refractivity contribution in [2.75, 3.05) is 11.5 Å². The Bertz CT molecular complexity index is 572. The summed E-state index contributed by atoms with van der Waals surface area (Å²) in [5.74, 6) is 1.61. The Morgan fingerprint density at radius 2 is 1.40 bits per heavy atom. The van der Waals surface area contributed by atoms with Crippen LogP contribution in [0.3, 0.4) is 0 Å². The van der Waals surface area contributed by atoms with Gasteiger partial charge in [-0.15, -0.1) is 23.5 Å². The summed E-state index contributed by atoms with van der Waals surface area (Å²) in [6, 6.07) is 0. The van der Waals surface area contributed by atoms with Crippen molar-refractivity contribution >= 4 is 35.1 Å². The second-order valence-corrected chi connectivity index (χ2v) is 8.47. The molecule has 1 N–H and O–H groups in total. The number of rotatable bonds is 12. The molecule has 1 aromatic heterocycles. The molecule has 2 rings (SSSR count). The van der Waals surface area contributed by atoms with E-state index >= 15 is 0 Å². The fraction of sp³-hybridized carbons (Fsp3) is 0.632. The van der Waals surface area contributed by atoms with Crippen molar-refractivity contribution in [1.29, 1.82) is 0 Å².